The van der Waals surface area contributed by atoms with Crippen LogP contribution in [0, 0.1) is 11.8 Å². The van der Waals surface area contributed by atoms with Crippen molar-refractivity contribution in [3.63, 3.8) is 0 Å². The number of hydrogen-bond donors (Lipinski definition) is 13. The van der Waals surface area contributed by atoms with Crippen LogP contribution in [-0.2, 0) is 44.8 Å². The molecule has 0 spiro atoms. The molecule has 1 aromatic heterocycles. The molecular formula is C35H53N9O12. The molecule has 0 unspecified atom stereocenters. The number of aromatic nitrogens is 1. The Hall–Kier alpha value is -5.64. The number of H-pyrrole nitrogens is 1. The summed E-state index contributed by atoms with van der Waals surface area (Å²) in [6, 6.07) is -3.45. The number of amides is 7. The highest BCUT2D eigenvalue weighted by atomic mass is 16.4. The third-order valence-electron chi connectivity index (χ3n) is 8.50. The van der Waals surface area contributed by atoms with Gasteiger partial charge in [-0.1, -0.05) is 45.9 Å². The van der Waals surface area contributed by atoms with Crippen molar-refractivity contribution >= 4 is 58.2 Å². The van der Waals surface area contributed by atoms with Gasteiger partial charge in [-0.05, 0) is 29.9 Å². The molecule has 1 heterocycles. The van der Waals surface area contributed by atoms with Crippen molar-refractivity contribution in [3.05, 3.63) is 36.0 Å². The van der Waals surface area contributed by atoms with Gasteiger partial charge in [0.25, 0.3) is 0 Å². The van der Waals surface area contributed by atoms with Crippen LogP contribution in [0.25, 0.3) is 10.9 Å². The first-order valence-corrected chi connectivity index (χ1v) is 17.8. The van der Waals surface area contributed by atoms with Gasteiger partial charge < -0.3 is 68.8 Å². The third-order valence-corrected chi connectivity index (χ3v) is 8.50. The first-order chi connectivity index (χ1) is 26.3. The van der Waals surface area contributed by atoms with Crippen LogP contribution in [0.15, 0.2) is 30.5 Å². The highest BCUT2D eigenvalue weighted by Gasteiger charge is 2.35. The highest BCUT2D eigenvalue weighted by Crippen LogP contribution is 2.20. The number of benzene rings is 1. The van der Waals surface area contributed by atoms with E-state index in [-0.39, 0.29) is 18.8 Å². The minimum Gasteiger partial charge on any atom is -0.480 e. The summed E-state index contributed by atoms with van der Waals surface area (Å²) in [4.78, 5) is 106. The molecule has 0 aliphatic heterocycles. The summed E-state index contributed by atoms with van der Waals surface area (Å²) in [5.41, 5.74) is 12.0. The number of hydrogen-bond acceptors (Lipinski definition) is 12. The quantitative estimate of drug-likeness (QED) is 0.0506. The number of fused-ring (bicyclic) bond motifs is 1. The van der Waals surface area contributed by atoms with E-state index >= 15 is 0 Å². The van der Waals surface area contributed by atoms with E-state index in [1.54, 1.807) is 52.1 Å². The number of nitrogens with two attached hydrogens (primary N) is 2. The van der Waals surface area contributed by atoms with Gasteiger partial charge in [0.15, 0.2) is 0 Å². The van der Waals surface area contributed by atoms with Crippen LogP contribution in [0.5, 0.6) is 0 Å². The van der Waals surface area contributed by atoms with Crippen molar-refractivity contribution in [2.75, 3.05) is 19.8 Å². The monoisotopic (exact) mass is 791 g/mol. The molecule has 0 aliphatic carbocycles. The van der Waals surface area contributed by atoms with E-state index in [0.717, 1.165) is 10.9 Å². The third kappa shape index (κ3) is 13.9. The van der Waals surface area contributed by atoms with Gasteiger partial charge in [-0.2, -0.15) is 0 Å². The summed E-state index contributed by atoms with van der Waals surface area (Å²) >= 11 is 0. The van der Waals surface area contributed by atoms with E-state index in [9.17, 15) is 53.7 Å². The minimum absolute atomic E-state index is 0.0777. The van der Waals surface area contributed by atoms with Crippen molar-refractivity contribution in [1.82, 2.24) is 36.9 Å². The summed E-state index contributed by atoms with van der Waals surface area (Å²) in [5.74, 6) is -9.21. The highest BCUT2D eigenvalue weighted by molar-refractivity contribution is 5.98. The van der Waals surface area contributed by atoms with Crippen LogP contribution in [0.2, 0.25) is 0 Å². The predicted octanol–water partition coefficient (Wildman–Crippen LogP) is -4.41. The number of carbonyl (C=O) groups excluding carboxylic acids is 7. The molecule has 7 amide bonds. The molecule has 21 heteroatoms. The summed E-state index contributed by atoms with van der Waals surface area (Å²) in [7, 11) is 0. The molecule has 0 radical (unpaired) electrons. The number of primary amides is 1. The number of aromatic amines is 1. The van der Waals surface area contributed by atoms with E-state index in [1.807, 2.05) is 6.07 Å². The number of carboxylic acids is 1. The Bertz CT molecular complexity index is 1720. The summed E-state index contributed by atoms with van der Waals surface area (Å²) in [6.45, 7) is 3.90. The fourth-order valence-electron chi connectivity index (χ4n) is 5.45. The first kappa shape index (κ1) is 46.5. The molecule has 310 valence electrons. The second kappa shape index (κ2) is 22.0. The Morgan fingerprint density at radius 3 is 1.70 bits per heavy atom. The lowest BCUT2D eigenvalue weighted by Crippen LogP contribution is -2.62. The average Bonchev–Trinajstić information content (AvgIpc) is 3.55. The number of aliphatic carboxylic acids is 1. The number of aliphatic hydroxyl groups excluding tert-OH is 3. The Morgan fingerprint density at radius 1 is 0.661 bits per heavy atom. The Kier molecular flexibility index (Phi) is 18.3. The molecule has 2 aromatic rings. The van der Waals surface area contributed by atoms with E-state index in [4.69, 9.17) is 16.6 Å². The number of nitrogens with one attached hydrogen (secondary N) is 7. The van der Waals surface area contributed by atoms with E-state index in [1.165, 1.54) is 0 Å². The maximum Gasteiger partial charge on any atom is 0.326 e. The molecule has 2 rings (SSSR count). The summed E-state index contributed by atoms with van der Waals surface area (Å²) in [5, 5.41) is 53.1. The fraction of sp³-hybridized carbons (Fsp3) is 0.543. The molecule has 0 saturated heterocycles. The SMILES string of the molecule is CC(C)C[C@H](NC(=O)[C@H](Cc1c[nH]c2ccccc12)NC(=O)[C@@H](NC(=O)[C@H](CO)NC(=O)[C@H](CC(N)=O)NC(=O)[C@H](CO)NC(=O)[C@@H](N)CO)C(C)C)C(=O)O. The van der Waals surface area contributed by atoms with E-state index < -0.39 is 122 Å². The van der Waals surface area contributed by atoms with Crippen molar-refractivity contribution in [2.45, 2.75) is 89.3 Å². The van der Waals surface area contributed by atoms with Crippen molar-refractivity contribution in [3.8, 4) is 0 Å². The maximum absolute atomic E-state index is 13.8. The van der Waals surface area contributed by atoms with E-state index in [0.29, 0.717) is 5.56 Å². The summed E-state index contributed by atoms with van der Waals surface area (Å²) in [6.07, 6.45) is 0.856. The van der Waals surface area contributed by atoms with Gasteiger partial charge in [-0.3, -0.25) is 33.6 Å². The van der Waals surface area contributed by atoms with Crippen LogP contribution < -0.4 is 43.4 Å². The first-order valence-electron chi connectivity index (χ1n) is 17.8. The zero-order valence-corrected chi connectivity index (χ0v) is 31.5. The molecule has 7 atom stereocenters. The van der Waals surface area contributed by atoms with Crippen LogP contribution >= 0.6 is 0 Å². The second-order valence-electron chi connectivity index (χ2n) is 13.9. The molecule has 21 nitrogen and oxygen atoms in total. The molecule has 0 bridgehead atoms. The molecule has 56 heavy (non-hydrogen) atoms. The van der Waals surface area contributed by atoms with Gasteiger partial charge in [0.1, 0.15) is 42.3 Å². The van der Waals surface area contributed by atoms with Crippen LogP contribution in [0.4, 0.5) is 0 Å². The van der Waals surface area contributed by atoms with Crippen LogP contribution in [0.1, 0.15) is 46.1 Å². The molecule has 0 fully saturated rings. The Balaban J connectivity index is 2.29. The molecular weight excluding hydrogens is 738 g/mol. The van der Waals surface area contributed by atoms with Crippen molar-refractivity contribution in [1.29, 1.82) is 0 Å². The number of para-hydroxylation sites is 1. The summed E-state index contributed by atoms with van der Waals surface area (Å²) < 4.78 is 0. The minimum atomic E-state index is -1.78. The lowest BCUT2D eigenvalue weighted by Gasteiger charge is -2.28. The lowest BCUT2D eigenvalue weighted by molar-refractivity contribution is -0.143. The van der Waals surface area contributed by atoms with Gasteiger partial charge >= 0.3 is 5.97 Å². The lowest BCUT2D eigenvalue weighted by atomic mass is 9.99. The van der Waals surface area contributed by atoms with Gasteiger partial charge in [0.2, 0.25) is 41.4 Å². The second-order valence-corrected chi connectivity index (χ2v) is 13.9. The van der Waals surface area contributed by atoms with E-state index in [2.05, 4.69) is 36.9 Å². The number of aliphatic hydroxyl groups is 3. The number of carbonyl (C=O) groups is 8. The Labute approximate surface area is 322 Å². The topological polar surface area (TPSA) is 357 Å². The van der Waals surface area contributed by atoms with Gasteiger partial charge in [-0.15, -0.1) is 0 Å². The standard InChI is InChI=1S/C35H53N9O12/c1-16(2)9-24(35(55)56)41-30(50)22(10-18-12-38-21-8-6-5-7-19(18)21)40-34(54)28(17(3)4)44-33(53)26(15-47)43-31(51)23(11-27(37)48)39-32(52)25(14-46)42-29(49)20(36)13-45/h5-8,12,16-17,20,22-26,28,38,45-47H,9-11,13-15,36H2,1-4H3,(H2,37,48)(H,39,52)(H,40,54)(H,41,50)(H,42,49)(H,43,51)(H,44,53)(H,55,56)/t20-,22-,23-,24-,25-,26-,28-/m0/s1. The van der Waals surface area contributed by atoms with Crippen molar-refractivity contribution < 1.29 is 58.8 Å². The largest absolute Gasteiger partial charge is 0.480 e. The maximum atomic E-state index is 13.8. The fourth-order valence-corrected chi connectivity index (χ4v) is 5.45. The zero-order chi connectivity index (χ0) is 42.3. The molecule has 1 aromatic carbocycles. The van der Waals surface area contributed by atoms with Gasteiger partial charge in [-0.25, -0.2) is 4.79 Å². The smallest absolute Gasteiger partial charge is 0.326 e. The molecule has 0 aliphatic rings. The van der Waals surface area contributed by atoms with Gasteiger partial charge in [0.05, 0.1) is 26.2 Å². The molecule has 15 N–H and O–H groups in total. The number of carboxylic acid groups (broad SMARTS) is 1. The predicted molar refractivity (Wildman–Crippen MR) is 199 cm³/mol. The van der Waals surface area contributed by atoms with Crippen LogP contribution in [0.3, 0.4) is 0 Å². The Morgan fingerprint density at radius 2 is 1.16 bits per heavy atom. The molecule has 0 saturated carbocycles. The average molecular weight is 792 g/mol. The van der Waals surface area contributed by atoms with Crippen molar-refractivity contribution in [2.24, 2.45) is 23.3 Å². The zero-order valence-electron chi connectivity index (χ0n) is 31.5. The van der Waals surface area contributed by atoms with Crippen LogP contribution in [-0.4, -0.2) is 135 Å². The normalized spacial score (nSPS) is 15.0. The number of rotatable bonds is 23. The van der Waals surface area contributed by atoms with Gasteiger partial charge in [0, 0.05) is 23.5 Å².